The van der Waals surface area contributed by atoms with Gasteiger partial charge in [0.2, 0.25) is 0 Å². The molecule has 2 nitrogen and oxygen atoms in total. The van der Waals surface area contributed by atoms with Gasteiger partial charge >= 0.3 is 0 Å². The van der Waals surface area contributed by atoms with Crippen LogP contribution in [0.3, 0.4) is 0 Å². The second-order valence-electron chi connectivity index (χ2n) is 2.94. The van der Waals surface area contributed by atoms with Crippen LogP contribution in [0.25, 0.3) is 0 Å². The van der Waals surface area contributed by atoms with Gasteiger partial charge in [0.05, 0.1) is 13.2 Å². The molecule has 2 atom stereocenters. The van der Waals surface area contributed by atoms with Crippen LogP contribution in [0.15, 0.2) is 0 Å². The van der Waals surface area contributed by atoms with E-state index in [1.54, 1.807) is 0 Å². The number of fused-ring (bicyclic) bond motifs is 1. The predicted molar refractivity (Wildman–Crippen MR) is 26.2 cm³/mol. The fourth-order valence-corrected chi connectivity index (χ4v) is 2.03. The van der Waals surface area contributed by atoms with Gasteiger partial charge in [0.15, 0.2) is 6.29 Å². The summed E-state index contributed by atoms with van der Waals surface area (Å²) < 4.78 is 10.6. The van der Waals surface area contributed by atoms with Crippen molar-refractivity contribution in [2.75, 3.05) is 13.2 Å². The lowest BCUT2D eigenvalue weighted by Crippen LogP contribution is -2.07. The molecule has 0 aromatic heterocycles. The van der Waals surface area contributed by atoms with E-state index in [-0.39, 0.29) is 6.29 Å². The van der Waals surface area contributed by atoms with Crippen molar-refractivity contribution >= 4 is 0 Å². The van der Waals surface area contributed by atoms with E-state index >= 15 is 0 Å². The fourth-order valence-electron chi connectivity index (χ4n) is 2.03. The Bertz CT molecular complexity index is 120. The molecule has 3 fully saturated rings. The lowest BCUT2D eigenvalue weighted by atomic mass is 10.3. The molecule has 0 radical (unpaired) electrons. The molecule has 2 unspecified atom stereocenters. The van der Waals surface area contributed by atoms with Crippen LogP contribution in [0.1, 0.15) is 0 Å². The van der Waals surface area contributed by atoms with Crippen LogP contribution in [-0.4, -0.2) is 19.5 Å². The van der Waals surface area contributed by atoms with E-state index in [4.69, 9.17) is 9.47 Å². The molecule has 2 aliphatic heterocycles. The zero-order valence-corrected chi connectivity index (χ0v) is 4.54. The summed E-state index contributed by atoms with van der Waals surface area (Å²) in [5, 5.41) is 0. The van der Waals surface area contributed by atoms with Crippen LogP contribution in [0.5, 0.6) is 0 Å². The van der Waals surface area contributed by atoms with Crippen molar-refractivity contribution in [1.82, 2.24) is 0 Å². The Labute approximate surface area is 47.8 Å². The van der Waals surface area contributed by atoms with E-state index in [9.17, 15) is 0 Å². The maximum absolute atomic E-state index is 5.28. The third-order valence-electron chi connectivity index (χ3n) is 2.62. The summed E-state index contributed by atoms with van der Waals surface area (Å²) in [5.74, 6) is 2.61. The fraction of sp³-hybridized carbons (Fsp3) is 1.00. The summed E-state index contributed by atoms with van der Waals surface area (Å²) >= 11 is 0. The molecule has 0 aromatic rings. The van der Waals surface area contributed by atoms with Crippen LogP contribution in [-0.2, 0) is 9.47 Å². The van der Waals surface area contributed by atoms with Gasteiger partial charge in [-0.1, -0.05) is 0 Å². The van der Waals surface area contributed by atoms with Crippen molar-refractivity contribution in [2.24, 2.45) is 17.8 Å². The minimum atomic E-state index is 0.213. The van der Waals surface area contributed by atoms with Crippen molar-refractivity contribution in [1.29, 1.82) is 0 Å². The molecular weight excluding hydrogens is 104 g/mol. The molecule has 0 spiro atoms. The molecule has 0 N–H and O–H groups in total. The Hall–Kier alpha value is -0.0800. The third kappa shape index (κ3) is 0.250. The van der Waals surface area contributed by atoms with Gasteiger partial charge in [-0.25, -0.2) is 0 Å². The highest BCUT2D eigenvalue weighted by Crippen LogP contribution is 2.58. The van der Waals surface area contributed by atoms with Gasteiger partial charge in [-0.15, -0.1) is 0 Å². The van der Waals surface area contributed by atoms with E-state index < -0.39 is 0 Å². The first-order chi connectivity index (χ1) is 3.97. The van der Waals surface area contributed by atoms with Crippen LogP contribution in [0.2, 0.25) is 0 Å². The van der Waals surface area contributed by atoms with Crippen molar-refractivity contribution in [2.45, 2.75) is 6.29 Å². The van der Waals surface area contributed by atoms with E-state index in [1.165, 1.54) is 0 Å². The molecule has 8 heavy (non-hydrogen) atoms. The van der Waals surface area contributed by atoms with Crippen molar-refractivity contribution in [3.63, 3.8) is 0 Å². The average molecular weight is 112 g/mol. The molecule has 2 heteroatoms. The van der Waals surface area contributed by atoms with Gasteiger partial charge in [-0.05, 0) is 11.8 Å². The summed E-state index contributed by atoms with van der Waals surface area (Å²) in [6, 6.07) is 0. The van der Waals surface area contributed by atoms with Gasteiger partial charge in [0.25, 0.3) is 0 Å². The molecule has 44 valence electrons. The maximum Gasteiger partial charge on any atom is 0.161 e. The highest BCUT2D eigenvalue weighted by molar-refractivity contribution is 5.06. The van der Waals surface area contributed by atoms with Gasteiger partial charge in [-0.3, -0.25) is 0 Å². The quantitative estimate of drug-likeness (QED) is 0.446. The molecule has 2 saturated heterocycles. The Morgan fingerprint density at radius 3 is 2.00 bits per heavy atom. The van der Waals surface area contributed by atoms with Gasteiger partial charge < -0.3 is 9.47 Å². The summed E-state index contributed by atoms with van der Waals surface area (Å²) in [5.41, 5.74) is 0. The van der Waals surface area contributed by atoms with E-state index in [1.807, 2.05) is 0 Å². The first-order valence-electron chi connectivity index (χ1n) is 3.20. The van der Waals surface area contributed by atoms with Gasteiger partial charge in [0.1, 0.15) is 0 Å². The highest BCUT2D eigenvalue weighted by Gasteiger charge is 2.64. The Morgan fingerprint density at radius 1 is 1.00 bits per heavy atom. The molecule has 0 amide bonds. The summed E-state index contributed by atoms with van der Waals surface area (Å²) in [4.78, 5) is 0. The van der Waals surface area contributed by atoms with E-state index in [2.05, 4.69) is 0 Å². The monoisotopic (exact) mass is 112 g/mol. The Kier molecular flexibility index (Phi) is 0.461. The smallest absolute Gasteiger partial charge is 0.161 e. The zero-order chi connectivity index (χ0) is 5.14. The summed E-state index contributed by atoms with van der Waals surface area (Å²) in [6.07, 6.45) is 0.213. The Balaban J connectivity index is 2.02. The summed E-state index contributed by atoms with van der Waals surface area (Å²) in [6.45, 7) is 1.94. The average Bonchev–Trinajstić information content (AvgIpc) is 2.11. The van der Waals surface area contributed by atoms with Crippen LogP contribution >= 0.6 is 0 Å². The molecule has 0 bridgehead atoms. The molecular formula is C6H8O2. The van der Waals surface area contributed by atoms with Gasteiger partial charge in [-0.2, -0.15) is 0 Å². The van der Waals surface area contributed by atoms with E-state index in [0.29, 0.717) is 0 Å². The largest absolute Gasteiger partial charge is 0.352 e. The lowest BCUT2D eigenvalue weighted by molar-refractivity contribution is -0.0903. The van der Waals surface area contributed by atoms with Crippen LogP contribution in [0.4, 0.5) is 0 Å². The maximum atomic E-state index is 5.28. The molecule has 0 aromatic carbocycles. The minimum Gasteiger partial charge on any atom is -0.352 e. The first-order valence-corrected chi connectivity index (χ1v) is 3.20. The van der Waals surface area contributed by atoms with Crippen molar-refractivity contribution in [3.8, 4) is 0 Å². The predicted octanol–water partition coefficient (Wildman–Crippen LogP) is 0.235. The standard InChI is InChI=1S/C6H8O2/c1-3-4-2-8-6(7-1)5(3)4/h3-6H,1-2H2. The van der Waals surface area contributed by atoms with Crippen LogP contribution in [0, 0.1) is 17.8 Å². The Morgan fingerprint density at radius 2 is 1.62 bits per heavy atom. The number of rotatable bonds is 0. The van der Waals surface area contributed by atoms with Crippen molar-refractivity contribution < 1.29 is 9.47 Å². The summed E-state index contributed by atoms with van der Waals surface area (Å²) in [7, 11) is 0. The molecule has 1 saturated carbocycles. The van der Waals surface area contributed by atoms with E-state index in [0.717, 1.165) is 31.0 Å². The first kappa shape index (κ1) is 3.85. The SMILES string of the molecule is C1OC2OCC3C1C23. The van der Waals surface area contributed by atoms with Gasteiger partial charge in [0, 0.05) is 5.92 Å². The van der Waals surface area contributed by atoms with Crippen LogP contribution < -0.4 is 0 Å². The molecule has 3 aliphatic rings. The molecule has 1 aliphatic carbocycles. The minimum absolute atomic E-state index is 0.213. The van der Waals surface area contributed by atoms with Crippen molar-refractivity contribution in [3.05, 3.63) is 0 Å². The number of ether oxygens (including phenoxy) is 2. The topological polar surface area (TPSA) is 18.5 Å². The normalized spacial score (nSPS) is 66.0. The lowest BCUT2D eigenvalue weighted by Gasteiger charge is -2.02. The second kappa shape index (κ2) is 0.957. The number of hydrogen-bond acceptors (Lipinski definition) is 2. The highest BCUT2D eigenvalue weighted by atomic mass is 16.7. The third-order valence-corrected chi connectivity index (χ3v) is 2.62. The molecule has 3 rings (SSSR count). The number of hydrogen-bond donors (Lipinski definition) is 0. The zero-order valence-electron chi connectivity index (χ0n) is 4.54. The molecule has 2 heterocycles. The second-order valence-corrected chi connectivity index (χ2v) is 2.94.